The number of aliphatic hydroxyl groups is 1. The van der Waals surface area contributed by atoms with Gasteiger partial charge in [0.2, 0.25) is 17.7 Å². The molecule has 2 heterocycles. The second kappa shape index (κ2) is 14.6. The van der Waals surface area contributed by atoms with Crippen LogP contribution in [0, 0.1) is 12.3 Å². The van der Waals surface area contributed by atoms with E-state index in [1.54, 1.807) is 11.3 Å². The number of β-amino-alcohol motifs (C(OH)–C–C–N with tert-alkyl or cyclic N) is 1. The van der Waals surface area contributed by atoms with Crippen LogP contribution in [0.1, 0.15) is 77.1 Å². The van der Waals surface area contributed by atoms with Gasteiger partial charge in [-0.2, -0.15) is 0 Å². The van der Waals surface area contributed by atoms with Gasteiger partial charge >= 0.3 is 6.09 Å². The Kier molecular flexibility index (Phi) is 11.5. The van der Waals surface area contributed by atoms with Gasteiger partial charge in [-0.15, -0.1) is 11.3 Å². The van der Waals surface area contributed by atoms with E-state index < -0.39 is 35.6 Å². The molecule has 1 fully saturated rings. The first-order valence-electron chi connectivity index (χ1n) is 14.3. The first-order chi connectivity index (χ1) is 19.8. The Labute approximate surface area is 251 Å². The lowest BCUT2D eigenvalue weighted by Gasteiger charge is -2.35. The summed E-state index contributed by atoms with van der Waals surface area (Å²) in [5.41, 5.74) is 9.05. The molecule has 0 bridgehead atoms. The average Bonchev–Trinajstić information content (AvgIpc) is 3.53. The van der Waals surface area contributed by atoms with Crippen LogP contribution in [0.3, 0.4) is 0 Å². The number of aliphatic hydroxyl groups excluding tert-OH is 1. The standard InChI is InChI=1S/C30H43N5O6S/c1-18(20-10-12-21(13-11-20)25-19(2)32-17-42-25)33-27(38)23-15-22(36)16-35(23)28(39)26(30(3,4)5)34-24(37)9-7-6-8-14-41-29(31)40/h10-13,17-18,22-23,26,36H,6-9,14-16H2,1-5H3,(H2,31,40)(H,33,38)(H,34,37)/t18-,22+,23-,26?/m0/s1. The van der Waals surface area contributed by atoms with Crippen LogP contribution < -0.4 is 16.4 Å². The summed E-state index contributed by atoms with van der Waals surface area (Å²) in [6, 6.07) is 5.85. The number of carbonyl (C=O) groups excluding carboxylic acids is 4. The molecule has 0 saturated carbocycles. The number of unbranched alkanes of at least 4 members (excludes halogenated alkanes) is 2. The predicted molar refractivity (Wildman–Crippen MR) is 160 cm³/mol. The van der Waals surface area contributed by atoms with Gasteiger partial charge in [-0.1, -0.05) is 45.0 Å². The Morgan fingerprint density at radius 2 is 1.83 bits per heavy atom. The Morgan fingerprint density at radius 1 is 1.14 bits per heavy atom. The third-order valence-electron chi connectivity index (χ3n) is 7.35. The lowest BCUT2D eigenvalue weighted by molar-refractivity contribution is -0.144. The van der Waals surface area contributed by atoms with Crippen molar-refractivity contribution in [2.75, 3.05) is 13.2 Å². The minimum absolute atomic E-state index is 0.0104. The van der Waals surface area contributed by atoms with Gasteiger partial charge < -0.3 is 31.1 Å². The Hall–Kier alpha value is -3.51. The Morgan fingerprint density at radius 3 is 2.43 bits per heavy atom. The van der Waals surface area contributed by atoms with E-state index in [1.165, 1.54) is 4.90 Å². The molecule has 4 atom stereocenters. The molecule has 1 aromatic carbocycles. The molecular weight excluding hydrogens is 558 g/mol. The van der Waals surface area contributed by atoms with Gasteiger partial charge in [-0.05, 0) is 49.7 Å². The van der Waals surface area contributed by atoms with Crippen molar-refractivity contribution in [1.82, 2.24) is 20.5 Å². The van der Waals surface area contributed by atoms with Crippen molar-refractivity contribution < 1.29 is 29.0 Å². The zero-order valence-electron chi connectivity index (χ0n) is 25.0. The third-order valence-corrected chi connectivity index (χ3v) is 8.33. The highest BCUT2D eigenvalue weighted by molar-refractivity contribution is 7.13. The van der Waals surface area contributed by atoms with Crippen LogP contribution in [0.2, 0.25) is 0 Å². The summed E-state index contributed by atoms with van der Waals surface area (Å²) >= 11 is 1.58. The van der Waals surface area contributed by atoms with Crippen LogP contribution in [-0.2, 0) is 19.1 Å². The first-order valence-corrected chi connectivity index (χ1v) is 15.2. The van der Waals surface area contributed by atoms with E-state index >= 15 is 0 Å². The second-order valence-electron chi connectivity index (χ2n) is 11.9. The first kappa shape index (κ1) is 33.0. The zero-order valence-corrected chi connectivity index (χ0v) is 25.8. The van der Waals surface area contributed by atoms with Crippen LogP contribution in [0.15, 0.2) is 29.8 Å². The highest BCUT2D eigenvalue weighted by Crippen LogP contribution is 2.29. The van der Waals surface area contributed by atoms with Crippen molar-refractivity contribution in [2.24, 2.45) is 11.1 Å². The fourth-order valence-electron chi connectivity index (χ4n) is 4.99. The molecule has 0 spiro atoms. The highest BCUT2D eigenvalue weighted by Gasteiger charge is 2.44. The van der Waals surface area contributed by atoms with Crippen LogP contribution in [-0.4, -0.2) is 70.1 Å². The van der Waals surface area contributed by atoms with Gasteiger partial charge in [0, 0.05) is 19.4 Å². The van der Waals surface area contributed by atoms with Crippen LogP contribution >= 0.6 is 11.3 Å². The molecule has 11 nitrogen and oxygen atoms in total. The number of hydrogen-bond donors (Lipinski definition) is 4. The summed E-state index contributed by atoms with van der Waals surface area (Å²) in [6.07, 6.45) is 0.420. The largest absolute Gasteiger partial charge is 0.450 e. The number of carbonyl (C=O) groups is 4. The van der Waals surface area contributed by atoms with Crippen LogP contribution in [0.5, 0.6) is 0 Å². The number of amides is 4. The molecule has 1 aliphatic heterocycles. The molecule has 2 aromatic rings. The molecule has 5 N–H and O–H groups in total. The number of rotatable bonds is 12. The van der Waals surface area contributed by atoms with Gasteiger partial charge in [-0.3, -0.25) is 14.4 Å². The number of likely N-dealkylation sites (tertiary alicyclic amines) is 1. The van der Waals surface area contributed by atoms with E-state index in [4.69, 9.17) is 5.73 Å². The molecule has 4 amide bonds. The highest BCUT2D eigenvalue weighted by atomic mass is 32.1. The maximum Gasteiger partial charge on any atom is 0.404 e. The quantitative estimate of drug-likeness (QED) is 0.271. The summed E-state index contributed by atoms with van der Waals surface area (Å²) in [4.78, 5) is 57.3. The molecule has 1 saturated heterocycles. The summed E-state index contributed by atoms with van der Waals surface area (Å²) in [6.45, 7) is 9.58. The van der Waals surface area contributed by atoms with Gasteiger partial charge in [0.1, 0.15) is 12.1 Å². The fourth-order valence-corrected chi connectivity index (χ4v) is 5.80. The molecule has 12 heteroatoms. The van der Waals surface area contributed by atoms with Crippen molar-refractivity contribution in [3.63, 3.8) is 0 Å². The van der Waals surface area contributed by atoms with Crippen molar-refractivity contribution in [2.45, 2.75) is 91.0 Å². The van der Waals surface area contributed by atoms with Crippen molar-refractivity contribution in [3.05, 3.63) is 41.0 Å². The van der Waals surface area contributed by atoms with E-state index in [1.807, 2.05) is 64.4 Å². The van der Waals surface area contributed by atoms with Gasteiger partial charge in [0.25, 0.3) is 0 Å². The maximum atomic E-state index is 13.8. The molecule has 1 aromatic heterocycles. The molecule has 0 aliphatic carbocycles. The Balaban J connectivity index is 1.62. The molecule has 0 radical (unpaired) electrons. The molecule has 1 unspecified atom stereocenters. The number of aromatic nitrogens is 1. The summed E-state index contributed by atoms with van der Waals surface area (Å²) < 4.78 is 4.69. The van der Waals surface area contributed by atoms with Crippen LogP contribution in [0.25, 0.3) is 10.4 Å². The smallest absolute Gasteiger partial charge is 0.404 e. The zero-order chi connectivity index (χ0) is 31.0. The number of benzene rings is 1. The molecule has 3 rings (SSSR count). The van der Waals surface area contributed by atoms with E-state index in [9.17, 15) is 24.3 Å². The van der Waals surface area contributed by atoms with E-state index in [2.05, 4.69) is 20.4 Å². The number of hydrogen-bond acceptors (Lipinski definition) is 8. The number of thiazole rings is 1. The minimum atomic E-state index is -0.885. The SMILES string of the molecule is Cc1ncsc1-c1ccc([C@H](C)NC(=O)[C@@H]2C[C@@H](O)CN2C(=O)C(NC(=O)CCCCCOC(N)=O)C(C)(C)C)cc1. The van der Waals surface area contributed by atoms with E-state index in [0.29, 0.717) is 19.3 Å². The van der Waals surface area contributed by atoms with Crippen molar-refractivity contribution >= 4 is 35.2 Å². The molecular formula is C30H43N5O6S. The minimum Gasteiger partial charge on any atom is -0.450 e. The number of nitrogens with two attached hydrogens (primary N) is 1. The van der Waals surface area contributed by atoms with Gasteiger partial charge in [0.15, 0.2) is 0 Å². The fraction of sp³-hybridized carbons (Fsp3) is 0.567. The number of primary amides is 1. The predicted octanol–water partition coefficient (Wildman–Crippen LogP) is 3.44. The molecule has 230 valence electrons. The Bertz CT molecular complexity index is 1240. The summed E-state index contributed by atoms with van der Waals surface area (Å²) in [5.74, 6) is -1.04. The van der Waals surface area contributed by atoms with Crippen molar-refractivity contribution in [3.8, 4) is 10.4 Å². The van der Waals surface area contributed by atoms with Gasteiger partial charge in [-0.25, -0.2) is 9.78 Å². The van der Waals surface area contributed by atoms with E-state index in [0.717, 1.165) is 21.7 Å². The number of nitrogens with zero attached hydrogens (tertiary/aromatic N) is 2. The number of nitrogens with one attached hydrogen (secondary N) is 2. The maximum absolute atomic E-state index is 13.8. The normalized spacial score (nSPS) is 18.3. The van der Waals surface area contributed by atoms with Crippen molar-refractivity contribution in [1.29, 1.82) is 0 Å². The monoisotopic (exact) mass is 601 g/mol. The second-order valence-corrected chi connectivity index (χ2v) is 12.7. The number of aryl methyl sites for hydroxylation is 1. The molecule has 1 aliphatic rings. The number of ether oxygens (including phenoxy) is 1. The van der Waals surface area contributed by atoms with Crippen LogP contribution in [0.4, 0.5) is 4.79 Å². The van der Waals surface area contributed by atoms with E-state index in [-0.39, 0.29) is 43.8 Å². The lowest BCUT2D eigenvalue weighted by atomic mass is 9.85. The third kappa shape index (κ3) is 8.99. The molecule has 42 heavy (non-hydrogen) atoms. The summed E-state index contributed by atoms with van der Waals surface area (Å²) in [5, 5.41) is 16.3. The average molecular weight is 602 g/mol. The van der Waals surface area contributed by atoms with Gasteiger partial charge in [0.05, 0.1) is 34.8 Å². The topological polar surface area (TPSA) is 164 Å². The lowest BCUT2D eigenvalue weighted by Crippen LogP contribution is -2.57. The summed E-state index contributed by atoms with van der Waals surface area (Å²) in [7, 11) is 0.